The van der Waals surface area contributed by atoms with Crippen LogP contribution >= 0.6 is 0 Å². The molecule has 0 bridgehead atoms. The van der Waals surface area contributed by atoms with Crippen LogP contribution in [0.1, 0.15) is 58.1 Å². The molecular weight excluding hydrogens is 400 g/mol. The molecule has 32 heavy (non-hydrogen) atoms. The lowest BCUT2D eigenvalue weighted by molar-refractivity contribution is -0.135. The minimum absolute atomic E-state index is 0.0560. The summed E-state index contributed by atoms with van der Waals surface area (Å²) in [5.41, 5.74) is 1.68. The van der Waals surface area contributed by atoms with E-state index in [9.17, 15) is 9.59 Å². The number of rotatable bonds is 8. The zero-order valence-electron chi connectivity index (χ0n) is 19.8. The molecule has 5 heteroatoms. The molecule has 0 aromatic heterocycles. The van der Waals surface area contributed by atoms with Crippen molar-refractivity contribution in [2.75, 3.05) is 13.1 Å². The van der Waals surface area contributed by atoms with E-state index >= 15 is 0 Å². The minimum Gasteiger partial charge on any atom is -0.491 e. The topological polar surface area (TPSA) is 58.6 Å². The predicted molar refractivity (Wildman–Crippen MR) is 128 cm³/mol. The molecule has 3 rings (SSSR count). The summed E-state index contributed by atoms with van der Waals surface area (Å²) >= 11 is 0. The molecule has 1 saturated heterocycles. The SMILES string of the molecule is CC(=O)N1CCC(C(=O)NC(C)CCc2ccc(OC(C)C)cc2)(c2ccccc2)CC1. The second-order valence-electron chi connectivity index (χ2n) is 9.18. The third-order valence-electron chi connectivity index (χ3n) is 6.36. The van der Waals surface area contributed by atoms with Crippen LogP contribution in [0.5, 0.6) is 5.75 Å². The van der Waals surface area contributed by atoms with Gasteiger partial charge in [0.15, 0.2) is 0 Å². The van der Waals surface area contributed by atoms with Gasteiger partial charge in [-0.05, 0) is 69.7 Å². The summed E-state index contributed by atoms with van der Waals surface area (Å²) in [6.07, 6.45) is 3.20. The van der Waals surface area contributed by atoms with Crippen molar-refractivity contribution >= 4 is 11.8 Å². The molecule has 0 spiro atoms. The van der Waals surface area contributed by atoms with E-state index < -0.39 is 5.41 Å². The molecule has 172 valence electrons. The van der Waals surface area contributed by atoms with Crippen LogP contribution < -0.4 is 10.1 Å². The van der Waals surface area contributed by atoms with E-state index in [-0.39, 0.29) is 24.0 Å². The van der Waals surface area contributed by atoms with Crippen molar-refractivity contribution < 1.29 is 14.3 Å². The van der Waals surface area contributed by atoms with Gasteiger partial charge >= 0.3 is 0 Å². The van der Waals surface area contributed by atoms with E-state index in [1.807, 2.05) is 61.2 Å². The Hall–Kier alpha value is -2.82. The number of hydrogen-bond donors (Lipinski definition) is 1. The Bertz CT molecular complexity index is 885. The summed E-state index contributed by atoms with van der Waals surface area (Å²) < 4.78 is 5.71. The number of hydrogen-bond acceptors (Lipinski definition) is 3. The first-order valence-electron chi connectivity index (χ1n) is 11.7. The zero-order valence-corrected chi connectivity index (χ0v) is 19.8. The number of carbonyl (C=O) groups is 2. The molecule has 1 aliphatic rings. The average molecular weight is 437 g/mol. The second kappa shape index (κ2) is 10.7. The number of amides is 2. The fourth-order valence-corrected chi connectivity index (χ4v) is 4.43. The molecule has 2 aromatic rings. The molecule has 1 heterocycles. The van der Waals surface area contributed by atoms with Crippen LogP contribution in [-0.2, 0) is 21.4 Å². The molecule has 1 aliphatic heterocycles. The van der Waals surface area contributed by atoms with Gasteiger partial charge in [-0.1, -0.05) is 42.5 Å². The quantitative estimate of drug-likeness (QED) is 0.663. The summed E-state index contributed by atoms with van der Waals surface area (Å²) in [5.74, 6) is 1.03. The minimum atomic E-state index is -0.586. The fourth-order valence-electron chi connectivity index (χ4n) is 4.43. The van der Waals surface area contributed by atoms with Crippen LogP contribution in [0, 0.1) is 0 Å². The molecule has 1 N–H and O–H groups in total. The monoisotopic (exact) mass is 436 g/mol. The first kappa shape index (κ1) is 23.8. The smallest absolute Gasteiger partial charge is 0.230 e. The summed E-state index contributed by atoms with van der Waals surface area (Å²) in [6.45, 7) is 8.92. The van der Waals surface area contributed by atoms with E-state index in [1.165, 1.54) is 5.56 Å². The maximum Gasteiger partial charge on any atom is 0.230 e. The molecule has 0 saturated carbocycles. The third kappa shape index (κ3) is 5.90. The zero-order chi connectivity index (χ0) is 23.1. The van der Waals surface area contributed by atoms with Crippen molar-refractivity contribution in [2.45, 2.75) is 70.9 Å². The van der Waals surface area contributed by atoms with Crippen LogP contribution in [-0.4, -0.2) is 41.9 Å². The number of carbonyl (C=O) groups excluding carboxylic acids is 2. The Morgan fingerprint density at radius 3 is 2.19 bits per heavy atom. The van der Waals surface area contributed by atoms with Gasteiger partial charge in [-0.3, -0.25) is 9.59 Å². The van der Waals surface area contributed by atoms with E-state index in [0.29, 0.717) is 25.9 Å². The highest BCUT2D eigenvalue weighted by atomic mass is 16.5. The number of likely N-dealkylation sites (tertiary alicyclic amines) is 1. The summed E-state index contributed by atoms with van der Waals surface area (Å²) in [4.78, 5) is 27.2. The highest BCUT2D eigenvalue weighted by molar-refractivity contribution is 5.89. The molecule has 2 aromatic carbocycles. The number of aryl methyl sites for hydroxylation is 1. The Morgan fingerprint density at radius 2 is 1.62 bits per heavy atom. The van der Waals surface area contributed by atoms with Gasteiger partial charge in [-0.15, -0.1) is 0 Å². The van der Waals surface area contributed by atoms with Crippen molar-refractivity contribution in [2.24, 2.45) is 0 Å². The Labute approximate surface area is 192 Å². The first-order valence-corrected chi connectivity index (χ1v) is 11.7. The van der Waals surface area contributed by atoms with Crippen molar-refractivity contribution in [3.63, 3.8) is 0 Å². The van der Waals surface area contributed by atoms with Crippen molar-refractivity contribution in [1.82, 2.24) is 10.2 Å². The van der Waals surface area contributed by atoms with E-state index in [1.54, 1.807) is 6.92 Å². The normalized spacial score (nSPS) is 16.5. The van der Waals surface area contributed by atoms with Crippen molar-refractivity contribution in [1.29, 1.82) is 0 Å². The van der Waals surface area contributed by atoms with Gasteiger partial charge in [0, 0.05) is 26.1 Å². The van der Waals surface area contributed by atoms with Crippen molar-refractivity contribution in [3.8, 4) is 5.75 Å². The van der Waals surface area contributed by atoms with E-state index in [4.69, 9.17) is 4.74 Å². The second-order valence-corrected chi connectivity index (χ2v) is 9.18. The van der Waals surface area contributed by atoms with Gasteiger partial charge in [-0.25, -0.2) is 0 Å². The Kier molecular flexibility index (Phi) is 7.94. The van der Waals surface area contributed by atoms with Crippen LogP contribution in [0.4, 0.5) is 0 Å². The van der Waals surface area contributed by atoms with Gasteiger partial charge < -0.3 is 15.0 Å². The molecule has 5 nitrogen and oxygen atoms in total. The van der Waals surface area contributed by atoms with Crippen LogP contribution in [0.25, 0.3) is 0 Å². The Morgan fingerprint density at radius 1 is 1.00 bits per heavy atom. The molecule has 0 aliphatic carbocycles. The molecule has 1 fully saturated rings. The lowest BCUT2D eigenvalue weighted by atomic mass is 9.71. The summed E-state index contributed by atoms with van der Waals surface area (Å²) in [5, 5.41) is 3.27. The molecule has 1 atom stereocenters. The van der Waals surface area contributed by atoms with Gasteiger partial charge in [0.2, 0.25) is 11.8 Å². The molecule has 2 amide bonds. The van der Waals surface area contributed by atoms with Gasteiger partial charge in [0.1, 0.15) is 5.75 Å². The fraction of sp³-hybridized carbons (Fsp3) is 0.481. The number of nitrogens with zero attached hydrogens (tertiary/aromatic N) is 1. The number of benzene rings is 2. The van der Waals surface area contributed by atoms with Gasteiger partial charge in [-0.2, -0.15) is 0 Å². The first-order chi connectivity index (χ1) is 15.3. The van der Waals surface area contributed by atoms with Gasteiger partial charge in [0.25, 0.3) is 0 Å². The van der Waals surface area contributed by atoms with E-state index in [0.717, 1.165) is 24.2 Å². The highest BCUT2D eigenvalue weighted by Gasteiger charge is 2.43. The number of ether oxygens (including phenoxy) is 1. The van der Waals surface area contributed by atoms with Crippen molar-refractivity contribution in [3.05, 3.63) is 65.7 Å². The number of nitrogens with one attached hydrogen (secondary N) is 1. The Balaban J connectivity index is 1.62. The lowest BCUT2D eigenvalue weighted by Gasteiger charge is -2.41. The molecule has 0 radical (unpaired) electrons. The maximum atomic E-state index is 13.5. The van der Waals surface area contributed by atoms with Crippen LogP contribution in [0.2, 0.25) is 0 Å². The number of piperidine rings is 1. The molecule has 1 unspecified atom stereocenters. The third-order valence-corrected chi connectivity index (χ3v) is 6.36. The standard InChI is InChI=1S/C27H36N2O3/c1-20(2)32-25-14-12-23(13-15-25)11-10-21(3)28-26(31)27(24-8-6-5-7-9-24)16-18-29(19-17-27)22(4)30/h5-9,12-15,20-21H,10-11,16-19H2,1-4H3,(H,28,31). The summed E-state index contributed by atoms with van der Waals surface area (Å²) in [6, 6.07) is 18.3. The maximum absolute atomic E-state index is 13.5. The lowest BCUT2D eigenvalue weighted by Crippen LogP contribution is -2.54. The summed E-state index contributed by atoms with van der Waals surface area (Å²) in [7, 11) is 0. The average Bonchev–Trinajstić information content (AvgIpc) is 2.78. The van der Waals surface area contributed by atoms with E-state index in [2.05, 4.69) is 24.4 Å². The highest BCUT2D eigenvalue weighted by Crippen LogP contribution is 2.36. The predicted octanol–water partition coefficient (Wildman–Crippen LogP) is 4.49. The van der Waals surface area contributed by atoms with Crippen LogP contribution in [0.15, 0.2) is 54.6 Å². The largest absolute Gasteiger partial charge is 0.491 e. The van der Waals surface area contributed by atoms with Gasteiger partial charge in [0.05, 0.1) is 11.5 Å². The van der Waals surface area contributed by atoms with Crippen LogP contribution in [0.3, 0.4) is 0 Å². The molecular formula is C27H36N2O3.